The molecule has 8 aromatic carbocycles. The van der Waals surface area contributed by atoms with Crippen molar-refractivity contribution in [1.29, 1.82) is 0 Å². The summed E-state index contributed by atoms with van der Waals surface area (Å²) < 4.78 is 43.4. The highest BCUT2D eigenvalue weighted by molar-refractivity contribution is 6.21. The van der Waals surface area contributed by atoms with E-state index in [0.717, 1.165) is 60.2 Å². The minimum absolute atomic E-state index is 0.0673. The molecule has 0 unspecified atom stereocenters. The zero-order valence-electron chi connectivity index (χ0n) is 28.3. The molecule has 210 valence electrons. The molecule has 0 saturated heterocycles. The summed E-state index contributed by atoms with van der Waals surface area (Å²) in [5, 5.41) is 5.54. The molecule has 0 N–H and O–H groups in total. The Morgan fingerprint density at radius 3 is 1.49 bits per heavy atom. The molecule has 0 amide bonds. The van der Waals surface area contributed by atoms with Gasteiger partial charge in [-0.2, -0.15) is 0 Å². The molecule has 1 heterocycles. The lowest BCUT2D eigenvalue weighted by molar-refractivity contribution is 0.669. The van der Waals surface area contributed by atoms with E-state index in [0.29, 0.717) is 22.3 Å². The van der Waals surface area contributed by atoms with Gasteiger partial charge in [0.25, 0.3) is 0 Å². The van der Waals surface area contributed by atoms with E-state index in [4.69, 9.17) is 4.42 Å². The van der Waals surface area contributed by atoms with Gasteiger partial charge in [0.05, 0.1) is 5.48 Å². The summed E-state index contributed by atoms with van der Waals surface area (Å²) >= 11 is 0. The number of furan rings is 1. The molecule has 0 spiro atoms. The number of rotatable bonds is 4. The van der Waals surface area contributed by atoms with Crippen molar-refractivity contribution >= 4 is 43.5 Å². The molecule has 0 bridgehead atoms. The molecule has 0 fully saturated rings. The van der Waals surface area contributed by atoms with Crippen molar-refractivity contribution in [3.05, 3.63) is 170 Å². The summed E-state index contributed by atoms with van der Waals surface area (Å²) in [6.45, 7) is 0. The molecule has 9 rings (SSSR count). The fraction of sp³-hybridized carbons (Fsp3) is 0. The number of para-hydroxylation sites is 1. The molecule has 0 aliphatic heterocycles. The van der Waals surface area contributed by atoms with Gasteiger partial charge in [-0.1, -0.05) is 145 Å². The molecule has 9 aromatic rings. The van der Waals surface area contributed by atoms with Crippen LogP contribution in [0.3, 0.4) is 0 Å². The average molecular weight is 577 g/mol. The van der Waals surface area contributed by atoms with Crippen LogP contribution in [0.15, 0.2) is 174 Å². The summed E-state index contributed by atoms with van der Waals surface area (Å²) in [6.07, 6.45) is 0. The highest BCUT2D eigenvalue weighted by atomic mass is 16.3. The van der Waals surface area contributed by atoms with Gasteiger partial charge in [-0.3, -0.25) is 0 Å². The molecule has 1 nitrogen and oxygen atoms in total. The van der Waals surface area contributed by atoms with Crippen LogP contribution in [-0.4, -0.2) is 0 Å². The molecular formula is C44H28O. The second-order valence-corrected chi connectivity index (χ2v) is 11.3. The topological polar surface area (TPSA) is 13.1 Å². The van der Waals surface area contributed by atoms with E-state index in [9.17, 15) is 5.48 Å². The van der Waals surface area contributed by atoms with Gasteiger partial charge in [-0.25, -0.2) is 0 Å². The summed E-state index contributed by atoms with van der Waals surface area (Å²) in [5.74, 6) is 0. The van der Waals surface area contributed by atoms with E-state index in [1.165, 1.54) is 0 Å². The number of hydrogen-bond donors (Lipinski definition) is 0. The maximum absolute atomic E-state index is 9.41. The first-order chi connectivity index (χ1) is 24.0. The molecule has 45 heavy (non-hydrogen) atoms. The zero-order chi connectivity index (χ0) is 33.2. The fourth-order valence-corrected chi connectivity index (χ4v) is 6.66. The Balaban J connectivity index is 1.30. The standard InChI is InChI=1S/C44H28O/c1-2-11-29(12-3-1)32-13-10-14-34(27-32)44-38-18-6-4-16-36(38)43(37-17-5-7-19-39(37)44)31-23-21-30(22-24-31)33-25-26-42-40(28-33)35-15-8-9-20-41(35)45-42/h1-28H/i21D,22D,23D,24D. The average Bonchev–Trinajstić information content (AvgIpc) is 3.52. The van der Waals surface area contributed by atoms with Crippen LogP contribution in [0.25, 0.3) is 88.0 Å². The van der Waals surface area contributed by atoms with Crippen LogP contribution < -0.4 is 0 Å². The minimum Gasteiger partial charge on any atom is -0.456 e. The second-order valence-electron chi connectivity index (χ2n) is 11.3. The first kappa shape index (κ1) is 21.7. The monoisotopic (exact) mass is 576 g/mol. The summed E-state index contributed by atoms with van der Waals surface area (Å²) in [6, 6.07) is 48.2. The van der Waals surface area contributed by atoms with Crippen LogP contribution in [-0.2, 0) is 0 Å². The Kier molecular flexibility index (Phi) is 5.00. The zero-order valence-corrected chi connectivity index (χ0v) is 24.3. The first-order valence-corrected chi connectivity index (χ1v) is 15.1. The third-order valence-electron chi connectivity index (χ3n) is 8.73. The van der Waals surface area contributed by atoms with Gasteiger partial charge in [0.2, 0.25) is 0 Å². The van der Waals surface area contributed by atoms with Crippen LogP contribution >= 0.6 is 0 Å². The Bertz CT molecular complexity index is 2680. The van der Waals surface area contributed by atoms with E-state index in [-0.39, 0.29) is 29.7 Å². The van der Waals surface area contributed by atoms with Gasteiger partial charge < -0.3 is 4.42 Å². The predicted molar refractivity (Wildman–Crippen MR) is 190 cm³/mol. The normalized spacial score (nSPS) is 12.8. The summed E-state index contributed by atoms with van der Waals surface area (Å²) in [7, 11) is 0. The van der Waals surface area contributed by atoms with Crippen molar-refractivity contribution in [2.75, 3.05) is 0 Å². The summed E-state index contributed by atoms with van der Waals surface area (Å²) in [5.41, 5.74) is 7.75. The number of benzene rings is 8. The lowest BCUT2D eigenvalue weighted by Crippen LogP contribution is -1.91. The van der Waals surface area contributed by atoms with Crippen molar-refractivity contribution in [2.45, 2.75) is 0 Å². The van der Waals surface area contributed by atoms with Gasteiger partial charge in [-0.05, 0) is 90.3 Å². The maximum atomic E-state index is 9.41. The Morgan fingerprint density at radius 1 is 0.311 bits per heavy atom. The van der Waals surface area contributed by atoms with Crippen molar-refractivity contribution in [3.8, 4) is 44.5 Å². The minimum atomic E-state index is -0.0732. The highest BCUT2D eigenvalue weighted by Gasteiger charge is 2.17. The molecule has 1 heteroatoms. The predicted octanol–water partition coefficient (Wildman–Crippen LogP) is 12.6. The van der Waals surface area contributed by atoms with Gasteiger partial charge >= 0.3 is 0 Å². The van der Waals surface area contributed by atoms with Gasteiger partial charge in [0, 0.05) is 10.8 Å². The molecule has 0 atom stereocenters. The second kappa shape index (κ2) is 10.4. The van der Waals surface area contributed by atoms with Crippen LogP contribution in [0.2, 0.25) is 0 Å². The lowest BCUT2D eigenvalue weighted by atomic mass is 9.85. The quantitative estimate of drug-likeness (QED) is 0.190. The van der Waals surface area contributed by atoms with E-state index in [2.05, 4.69) is 48.5 Å². The first-order valence-electron chi connectivity index (χ1n) is 17.1. The lowest BCUT2D eigenvalue weighted by Gasteiger charge is -2.18. The van der Waals surface area contributed by atoms with E-state index in [1.807, 2.05) is 97.1 Å². The smallest absolute Gasteiger partial charge is 0.135 e. The van der Waals surface area contributed by atoms with Crippen molar-refractivity contribution < 1.29 is 9.90 Å². The molecular weight excluding hydrogens is 544 g/mol. The molecule has 1 aromatic heterocycles. The Hall–Kier alpha value is -5.92. The third-order valence-corrected chi connectivity index (χ3v) is 8.73. The number of hydrogen-bond acceptors (Lipinski definition) is 1. The van der Waals surface area contributed by atoms with Crippen molar-refractivity contribution in [2.24, 2.45) is 0 Å². The van der Waals surface area contributed by atoms with Crippen molar-refractivity contribution in [1.82, 2.24) is 0 Å². The van der Waals surface area contributed by atoms with Crippen LogP contribution in [0.5, 0.6) is 0 Å². The van der Waals surface area contributed by atoms with Gasteiger partial charge in [0.15, 0.2) is 0 Å². The molecule has 0 aliphatic carbocycles. The van der Waals surface area contributed by atoms with Crippen LogP contribution in [0, 0.1) is 0 Å². The highest BCUT2D eigenvalue weighted by Crippen LogP contribution is 2.44. The van der Waals surface area contributed by atoms with Crippen LogP contribution in [0.4, 0.5) is 0 Å². The number of fused-ring (bicyclic) bond motifs is 5. The molecule has 0 radical (unpaired) electrons. The SMILES string of the molecule is [2H]c1c([2H])c(-c2c3ccccc3c(-c3cccc(-c4ccccc4)c3)c3ccccc23)c([2H])c([2H])c1-c1ccc2oc3ccccc3c2c1. The molecule has 0 aliphatic rings. The largest absolute Gasteiger partial charge is 0.456 e. The fourth-order valence-electron chi connectivity index (χ4n) is 6.66. The summed E-state index contributed by atoms with van der Waals surface area (Å²) in [4.78, 5) is 0. The van der Waals surface area contributed by atoms with Crippen molar-refractivity contribution in [3.63, 3.8) is 0 Å². The third kappa shape index (κ3) is 4.24. The Morgan fingerprint density at radius 2 is 0.800 bits per heavy atom. The van der Waals surface area contributed by atoms with Gasteiger partial charge in [-0.15, -0.1) is 0 Å². The van der Waals surface area contributed by atoms with E-state index >= 15 is 0 Å². The Labute approximate surface area is 267 Å². The van der Waals surface area contributed by atoms with Crippen LogP contribution in [0.1, 0.15) is 5.48 Å². The maximum Gasteiger partial charge on any atom is 0.135 e. The van der Waals surface area contributed by atoms with E-state index in [1.54, 1.807) is 0 Å². The van der Waals surface area contributed by atoms with Gasteiger partial charge in [0.1, 0.15) is 11.2 Å². The van der Waals surface area contributed by atoms with E-state index < -0.39 is 0 Å². The molecule has 0 saturated carbocycles.